The molecule has 0 unspecified atom stereocenters. The minimum Gasteiger partial charge on any atom is -0.464 e. The summed E-state index contributed by atoms with van der Waals surface area (Å²) in [5.74, 6) is -0.423. The summed E-state index contributed by atoms with van der Waals surface area (Å²) in [6.45, 7) is 3.71. The van der Waals surface area contributed by atoms with Gasteiger partial charge in [-0.2, -0.15) is 0 Å². The highest BCUT2D eigenvalue weighted by Crippen LogP contribution is 2.24. The Bertz CT molecular complexity index is 530. The van der Waals surface area contributed by atoms with E-state index in [1.165, 1.54) is 18.4 Å². The molecule has 4 heteroatoms. The molecular formula is C11H9NO2S. The molecule has 0 N–H and O–H groups in total. The van der Waals surface area contributed by atoms with Crippen LogP contribution in [0.1, 0.15) is 16.1 Å². The van der Waals surface area contributed by atoms with Crippen LogP contribution in [0.4, 0.5) is 0 Å². The van der Waals surface area contributed by atoms with E-state index in [0.717, 1.165) is 15.8 Å². The molecule has 0 saturated heterocycles. The number of pyridine rings is 1. The van der Waals surface area contributed by atoms with Crippen LogP contribution in [0.3, 0.4) is 0 Å². The summed E-state index contributed by atoms with van der Waals surface area (Å²) in [5.41, 5.74) is 1.23. The van der Waals surface area contributed by atoms with E-state index in [9.17, 15) is 4.79 Å². The van der Waals surface area contributed by atoms with E-state index in [4.69, 9.17) is 0 Å². The first-order valence-corrected chi connectivity index (χ1v) is 5.23. The molecule has 0 atom stereocenters. The quantitative estimate of drug-likeness (QED) is 0.729. The number of carbonyl (C=O) groups is 1. The molecule has 0 aliphatic rings. The normalized spacial score (nSPS) is 10.2. The first-order chi connectivity index (χ1) is 7.26. The van der Waals surface area contributed by atoms with Crippen LogP contribution in [0.25, 0.3) is 16.3 Å². The minimum atomic E-state index is -0.423. The highest BCUT2D eigenvalue weighted by atomic mass is 32.1. The molecule has 0 spiro atoms. The van der Waals surface area contributed by atoms with Gasteiger partial charge >= 0.3 is 5.97 Å². The van der Waals surface area contributed by atoms with Gasteiger partial charge in [0.1, 0.15) is 4.83 Å². The number of rotatable bonds is 2. The number of nitrogens with zero attached hydrogens (tertiary/aromatic N) is 1. The molecule has 3 nitrogen and oxygen atoms in total. The fourth-order valence-corrected chi connectivity index (χ4v) is 2.15. The van der Waals surface area contributed by atoms with Crippen molar-refractivity contribution in [3.8, 4) is 0 Å². The third kappa shape index (κ3) is 1.64. The largest absolute Gasteiger partial charge is 0.464 e. The Kier molecular flexibility index (Phi) is 2.51. The van der Waals surface area contributed by atoms with E-state index < -0.39 is 5.97 Å². The van der Waals surface area contributed by atoms with Gasteiger partial charge in [0.25, 0.3) is 0 Å². The van der Waals surface area contributed by atoms with Crippen LogP contribution in [-0.4, -0.2) is 18.1 Å². The highest BCUT2D eigenvalue weighted by Gasteiger charge is 2.11. The Balaban J connectivity index is 2.68. The number of fused-ring (bicyclic) bond motifs is 1. The Labute approximate surface area is 91.0 Å². The Morgan fingerprint density at radius 1 is 1.67 bits per heavy atom. The zero-order valence-electron chi connectivity index (χ0n) is 8.19. The van der Waals surface area contributed by atoms with E-state index in [2.05, 4.69) is 16.3 Å². The molecule has 0 fully saturated rings. The van der Waals surface area contributed by atoms with Crippen molar-refractivity contribution >= 4 is 33.6 Å². The van der Waals surface area contributed by atoms with Gasteiger partial charge in [0.15, 0.2) is 5.69 Å². The van der Waals surface area contributed by atoms with Gasteiger partial charge in [-0.05, 0) is 23.1 Å². The molecule has 0 saturated carbocycles. The van der Waals surface area contributed by atoms with Gasteiger partial charge in [0.05, 0.1) is 7.11 Å². The highest BCUT2D eigenvalue weighted by molar-refractivity contribution is 7.16. The average molecular weight is 219 g/mol. The number of thiophene rings is 1. The maximum atomic E-state index is 11.3. The summed E-state index contributed by atoms with van der Waals surface area (Å²) in [6, 6.07) is 3.65. The van der Waals surface area contributed by atoms with Gasteiger partial charge in [0, 0.05) is 5.39 Å². The summed E-state index contributed by atoms with van der Waals surface area (Å²) in [4.78, 5) is 16.4. The van der Waals surface area contributed by atoms with Crippen LogP contribution < -0.4 is 0 Å². The SMILES string of the molecule is C=Cc1cc(C(=O)OC)nc2sccc12. The van der Waals surface area contributed by atoms with Gasteiger partial charge < -0.3 is 4.74 Å². The Hall–Kier alpha value is -1.68. The molecule has 0 radical (unpaired) electrons. The van der Waals surface area contributed by atoms with Crippen LogP contribution in [0.5, 0.6) is 0 Å². The van der Waals surface area contributed by atoms with Crippen molar-refractivity contribution in [2.75, 3.05) is 7.11 Å². The van der Waals surface area contributed by atoms with E-state index in [1.54, 1.807) is 12.1 Å². The van der Waals surface area contributed by atoms with E-state index >= 15 is 0 Å². The topological polar surface area (TPSA) is 39.2 Å². The number of esters is 1. The van der Waals surface area contributed by atoms with Gasteiger partial charge in [-0.25, -0.2) is 9.78 Å². The van der Waals surface area contributed by atoms with Crippen molar-refractivity contribution in [3.63, 3.8) is 0 Å². The lowest BCUT2D eigenvalue weighted by molar-refractivity contribution is 0.0594. The molecular weight excluding hydrogens is 210 g/mol. The third-order valence-electron chi connectivity index (χ3n) is 2.08. The van der Waals surface area contributed by atoms with Gasteiger partial charge in [0.2, 0.25) is 0 Å². The molecule has 2 aromatic rings. The molecule has 2 rings (SSSR count). The first-order valence-electron chi connectivity index (χ1n) is 4.35. The second-order valence-corrected chi connectivity index (χ2v) is 3.83. The van der Waals surface area contributed by atoms with Crippen LogP contribution in [-0.2, 0) is 4.74 Å². The number of ether oxygens (including phenoxy) is 1. The van der Waals surface area contributed by atoms with Crippen molar-refractivity contribution in [2.24, 2.45) is 0 Å². The van der Waals surface area contributed by atoms with Crippen molar-refractivity contribution in [3.05, 3.63) is 35.3 Å². The number of hydrogen-bond donors (Lipinski definition) is 0. The maximum Gasteiger partial charge on any atom is 0.356 e. The number of methoxy groups -OCH3 is 1. The molecule has 0 amide bonds. The predicted octanol–water partition coefficient (Wildman–Crippen LogP) is 2.73. The zero-order valence-corrected chi connectivity index (χ0v) is 9.00. The fraction of sp³-hybridized carbons (Fsp3) is 0.0909. The van der Waals surface area contributed by atoms with Gasteiger partial charge in [-0.3, -0.25) is 0 Å². The molecule has 2 heterocycles. The second kappa shape index (κ2) is 3.82. The predicted molar refractivity (Wildman–Crippen MR) is 61.1 cm³/mol. The number of aromatic nitrogens is 1. The number of carbonyl (C=O) groups excluding carboxylic acids is 1. The fourth-order valence-electron chi connectivity index (χ4n) is 1.35. The molecule has 15 heavy (non-hydrogen) atoms. The van der Waals surface area contributed by atoms with E-state index in [0.29, 0.717) is 5.69 Å². The van der Waals surface area contributed by atoms with E-state index in [-0.39, 0.29) is 0 Å². The molecule has 0 bridgehead atoms. The van der Waals surface area contributed by atoms with Crippen LogP contribution in [0.15, 0.2) is 24.1 Å². The maximum absolute atomic E-state index is 11.3. The summed E-state index contributed by atoms with van der Waals surface area (Å²) in [7, 11) is 1.34. The van der Waals surface area contributed by atoms with E-state index in [1.807, 2.05) is 11.4 Å². The lowest BCUT2D eigenvalue weighted by Gasteiger charge is -2.01. The summed E-state index contributed by atoms with van der Waals surface area (Å²) in [5, 5.41) is 2.95. The zero-order chi connectivity index (χ0) is 10.8. The summed E-state index contributed by atoms with van der Waals surface area (Å²) >= 11 is 1.49. The van der Waals surface area contributed by atoms with Crippen molar-refractivity contribution in [1.29, 1.82) is 0 Å². The van der Waals surface area contributed by atoms with Crippen LogP contribution in [0, 0.1) is 0 Å². The third-order valence-corrected chi connectivity index (χ3v) is 2.89. The van der Waals surface area contributed by atoms with Gasteiger partial charge in [-0.1, -0.05) is 12.7 Å². The monoisotopic (exact) mass is 219 g/mol. The van der Waals surface area contributed by atoms with Gasteiger partial charge in [-0.15, -0.1) is 11.3 Å². The second-order valence-electron chi connectivity index (χ2n) is 2.93. The smallest absolute Gasteiger partial charge is 0.356 e. The lowest BCUT2D eigenvalue weighted by atomic mass is 10.1. The van der Waals surface area contributed by atoms with Crippen molar-refractivity contribution < 1.29 is 9.53 Å². The van der Waals surface area contributed by atoms with Crippen molar-refractivity contribution in [1.82, 2.24) is 4.98 Å². The van der Waals surface area contributed by atoms with Crippen LogP contribution in [0.2, 0.25) is 0 Å². The Morgan fingerprint density at radius 2 is 2.47 bits per heavy atom. The molecule has 76 valence electrons. The standard InChI is InChI=1S/C11H9NO2S/c1-3-7-6-9(11(13)14-2)12-10-8(7)4-5-15-10/h3-6H,1H2,2H3. The number of hydrogen-bond acceptors (Lipinski definition) is 4. The first kappa shape index (κ1) is 9.86. The molecule has 0 aliphatic heterocycles. The molecule has 0 aromatic carbocycles. The van der Waals surface area contributed by atoms with Crippen molar-refractivity contribution in [2.45, 2.75) is 0 Å². The molecule has 2 aromatic heterocycles. The minimum absolute atomic E-state index is 0.322. The average Bonchev–Trinajstić information content (AvgIpc) is 2.74. The summed E-state index contributed by atoms with van der Waals surface area (Å²) in [6.07, 6.45) is 1.71. The Morgan fingerprint density at radius 3 is 3.13 bits per heavy atom. The lowest BCUT2D eigenvalue weighted by Crippen LogP contribution is -2.04. The van der Waals surface area contributed by atoms with Crippen LogP contribution >= 0.6 is 11.3 Å². The molecule has 0 aliphatic carbocycles. The summed E-state index contributed by atoms with van der Waals surface area (Å²) < 4.78 is 4.63.